The molecule has 416 valence electrons. The Kier molecular flexibility index (Phi) is 16.2. The van der Waals surface area contributed by atoms with Crippen LogP contribution in [0.4, 0.5) is 30.2 Å². The van der Waals surface area contributed by atoms with Gasteiger partial charge in [-0.1, -0.05) is 25.0 Å². The topological polar surface area (TPSA) is 219 Å². The molecule has 0 saturated carbocycles. The standard InChI is InChI=1S/C55H58ClF3N4O10S.O3S/c1-32-29-52(2,3)61(6)44-27-47-42(24-38(32)44)54(43-25-39-34(31-74(67,68)69)30-53(4,5)62(7)45(39)28-48(43)72-47)40-22-33(50(65)60-17-19-71-21-20-70-18-11-9-8-10-16-56)12-14-37(40)51(66)63(54)35-13-15-36-41(55(57,58)59)26-49(64)73-46(36)23-35;1-4(2)3/h12-15,22-30H,8-11,16-21,31H2,1-7H3,(H,60,65)(H,67,68,69);. The summed E-state index contributed by atoms with van der Waals surface area (Å²) in [6.07, 6.45) is 2.87. The van der Waals surface area contributed by atoms with Gasteiger partial charge in [-0.05, 0) is 101 Å². The third kappa shape index (κ3) is 11.2. The lowest BCUT2D eigenvalue weighted by Crippen LogP contribution is -2.49. The molecule has 0 saturated heterocycles. The second-order valence-corrected chi connectivity index (χ2v) is 22.8. The number of hydrogen-bond acceptors (Lipinski definition) is 14. The quantitative estimate of drug-likeness (QED) is 0.0407. The number of benzene rings is 4. The fourth-order valence-electron chi connectivity index (χ4n) is 10.8. The summed E-state index contributed by atoms with van der Waals surface area (Å²) in [4.78, 5) is 48.2. The molecule has 0 radical (unpaired) electrons. The molecule has 4 aliphatic heterocycles. The lowest BCUT2D eigenvalue weighted by molar-refractivity contribution is -0.136. The lowest BCUT2D eigenvalue weighted by atomic mass is 9.71. The summed E-state index contributed by atoms with van der Waals surface area (Å²) in [5.74, 6) is -0.705. The first-order valence-corrected chi connectivity index (χ1v) is 28.1. The van der Waals surface area contributed by atoms with Crippen LogP contribution in [0.25, 0.3) is 22.1 Å². The molecule has 0 bridgehead atoms. The van der Waals surface area contributed by atoms with Gasteiger partial charge >= 0.3 is 22.4 Å². The zero-order valence-corrected chi connectivity index (χ0v) is 46.2. The van der Waals surface area contributed by atoms with Crippen LogP contribution in [0.3, 0.4) is 0 Å². The molecule has 5 heterocycles. The molecule has 23 heteroatoms. The smallest absolute Gasteiger partial charge is 0.425 e. The molecule has 4 aromatic carbocycles. The van der Waals surface area contributed by atoms with Gasteiger partial charge in [-0.2, -0.15) is 21.6 Å². The number of rotatable bonds is 16. The van der Waals surface area contributed by atoms with Gasteiger partial charge in [0.1, 0.15) is 28.4 Å². The molecule has 17 nitrogen and oxygen atoms in total. The third-order valence-electron chi connectivity index (χ3n) is 14.7. The summed E-state index contributed by atoms with van der Waals surface area (Å²) in [6.45, 7) is 11.5. The van der Waals surface area contributed by atoms with Crippen molar-refractivity contribution in [1.29, 1.82) is 0 Å². The third-order valence-corrected chi connectivity index (χ3v) is 15.6. The van der Waals surface area contributed by atoms with Crippen LogP contribution in [0.2, 0.25) is 0 Å². The van der Waals surface area contributed by atoms with Crippen molar-refractivity contribution in [2.75, 3.05) is 73.4 Å². The number of halogens is 4. The summed E-state index contributed by atoms with van der Waals surface area (Å²) < 4.78 is 129. The molecule has 2 amide bonds. The van der Waals surface area contributed by atoms with E-state index in [1.165, 1.54) is 29.2 Å². The number of nitrogens with zero attached hydrogens (tertiary/aromatic N) is 3. The van der Waals surface area contributed by atoms with Gasteiger partial charge in [0.2, 0.25) is 0 Å². The van der Waals surface area contributed by atoms with Crippen molar-refractivity contribution >= 4 is 83.3 Å². The summed E-state index contributed by atoms with van der Waals surface area (Å²) >= 11 is 5.76. The minimum Gasteiger partial charge on any atom is -0.456 e. The van der Waals surface area contributed by atoms with Crippen LogP contribution in [-0.4, -0.2) is 107 Å². The average Bonchev–Trinajstić information content (AvgIpc) is 3.81. The van der Waals surface area contributed by atoms with Gasteiger partial charge in [0.25, 0.3) is 21.9 Å². The van der Waals surface area contributed by atoms with Crippen molar-refractivity contribution in [1.82, 2.24) is 5.32 Å². The van der Waals surface area contributed by atoms with Gasteiger partial charge in [-0.3, -0.25) is 19.0 Å². The summed E-state index contributed by atoms with van der Waals surface area (Å²) in [6, 6.07) is 16.0. The number of likely N-dealkylation sites (N-methyl/N-ethyl adjacent to an activating group) is 2. The Morgan fingerprint density at radius 3 is 2.00 bits per heavy atom. The largest absolute Gasteiger partial charge is 0.456 e. The molecular formula is C55H58ClF3N4O13S2. The maximum absolute atomic E-state index is 15.7. The summed E-state index contributed by atoms with van der Waals surface area (Å²) in [7, 11) is -3.95. The number of allylic oxidation sites excluding steroid dienone is 1. The van der Waals surface area contributed by atoms with E-state index in [1.54, 1.807) is 24.3 Å². The number of anilines is 3. The van der Waals surface area contributed by atoms with Crippen molar-refractivity contribution in [2.45, 2.75) is 83.1 Å². The number of fused-ring (bicyclic) bond motifs is 9. The highest BCUT2D eigenvalue weighted by atomic mass is 35.5. The van der Waals surface area contributed by atoms with Crippen molar-refractivity contribution in [2.24, 2.45) is 0 Å². The van der Waals surface area contributed by atoms with E-state index in [2.05, 4.69) is 30.1 Å². The Hall–Kier alpha value is -6.56. The van der Waals surface area contributed by atoms with Crippen LogP contribution < -0.4 is 30.4 Å². The van der Waals surface area contributed by atoms with E-state index in [4.69, 9.17) is 42.9 Å². The predicted octanol–water partition coefficient (Wildman–Crippen LogP) is 9.56. The first kappa shape index (κ1) is 57.6. The molecular weight excluding hydrogens is 1080 g/mol. The van der Waals surface area contributed by atoms with E-state index in [0.717, 1.165) is 48.6 Å². The minimum absolute atomic E-state index is 0.0198. The SMILES string of the molecule is CC1=CC(C)(C)N(C)c2cc3c(cc21)C1(c2cc4c(cc2O3)N(C)C(C)(C)C=C4CS(=O)(=O)O)c2cc(C(=O)NCCOCCOCCCCCCCl)ccc2C(=O)N1c1ccc2c(C(F)(F)F)cc(=O)oc2c1.O=S(=O)=O. The maximum Gasteiger partial charge on any atom is 0.425 e. The molecule has 78 heavy (non-hydrogen) atoms. The van der Waals surface area contributed by atoms with Crippen molar-refractivity contribution in [3.8, 4) is 11.5 Å². The van der Waals surface area contributed by atoms with Crippen molar-refractivity contribution in [3.05, 3.63) is 134 Å². The van der Waals surface area contributed by atoms with Crippen LogP contribution >= 0.6 is 11.6 Å². The van der Waals surface area contributed by atoms with Gasteiger partial charge in [0.05, 0.1) is 36.5 Å². The molecule has 9 rings (SSSR count). The molecule has 0 aliphatic carbocycles. The highest BCUT2D eigenvalue weighted by Crippen LogP contribution is 2.62. The van der Waals surface area contributed by atoms with Crippen LogP contribution in [0.1, 0.15) is 114 Å². The van der Waals surface area contributed by atoms with Crippen LogP contribution in [-0.2, 0) is 41.9 Å². The van der Waals surface area contributed by atoms with Crippen molar-refractivity contribution in [3.63, 3.8) is 0 Å². The fraction of sp³-hybridized carbons (Fsp3) is 0.400. The number of nitrogens with one attached hydrogen (secondary N) is 1. The van der Waals surface area contributed by atoms with E-state index in [9.17, 15) is 35.7 Å². The maximum atomic E-state index is 15.7. The molecule has 5 aromatic rings. The van der Waals surface area contributed by atoms with E-state index in [-0.39, 0.29) is 41.3 Å². The predicted molar refractivity (Wildman–Crippen MR) is 289 cm³/mol. The fourth-order valence-corrected chi connectivity index (χ4v) is 11.6. The van der Waals surface area contributed by atoms with Gasteiger partial charge in [0.15, 0.2) is 0 Å². The molecule has 1 spiro atoms. The highest BCUT2D eigenvalue weighted by Gasteiger charge is 2.58. The number of alkyl halides is 4. The number of unbranched alkanes of at least 4 members (excludes halogenated alkanes) is 3. The van der Waals surface area contributed by atoms with E-state index in [1.807, 2.05) is 51.9 Å². The number of carbonyl (C=O) groups excluding carboxylic acids is 2. The zero-order valence-electron chi connectivity index (χ0n) is 43.8. The van der Waals surface area contributed by atoms with Crippen molar-refractivity contribution < 1.29 is 67.0 Å². The highest BCUT2D eigenvalue weighted by molar-refractivity contribution is 7.86. The molecule has 2 N–H and O–H groups in total. The Morgan fingerprint density at radius 2 is 1.37 bits per heavy atom. The number of amides is 2. The zero-order chi connectivity index (χ0) is 56.9. The monoisotopic (exact) mass is 1140 g/mol. The minimum atomic E-state index is -4.93. The van der Waals surface area contributed by atoms with Crippen LogP contribution in [0.5, 0.6) is 11.5 Å². The second kappa shape index (κ2) is 21.9. The summed E-state index contributed by atoms with van der Waals surface area (Å²) in [5.41, 5.74) is -1.08. The average molecular weight is 1140 g/mol. The number of carbonyl (C=O) groups is 2. The lowest BCUT2D eigenvalue weighted by Gasteiger charge is -2.47. The van der Waals surface area contributed by atoms with Gasteiger partial charge in [0, 0.05) is 119 Å². The molecule has 4 aliphatic rings. The Morgan fingerprint density at radius 1 is 0.769 bits per heavy atom. The first-order valence-electron chi connectivity index (χ1n) is 24.9. The van der Waals surface area contributed by atoms with E-state index in [0.29, 0.717) is 65.5 Å². The summed E-state index contributed by atoms with van der Waals surface area (Å²) in [5, 5.41) is 2.49. The second-order valence-electron chi connectivity index (χ2n) is 20.5. The Labute approximate surface area is 455 Å². The Balaban J connectivity index is 0.00000194. The van der Waals surface area contributed by atoms with E-state index < -0.39 is 83.2 Å². The molecule has 1 unspecified atom stereocenters. The van der Waals surface area contributed by atoms with Crippen LogP contribution in [0.15, 0.2) is 88.1 Å². The Bertz CT molecular complexity index is 3600. The molecule has 0 fully saturated rings. The normalized spacial score (nSPS) is 17.7. The molecule has 1 aromatic heterocycles. The van der Waals surface area contributed by atoms with Gasteiger partial charge in [-0.15, -0.1) is 24.2 Å². The van der Waals surface area contributed by atoms with Crippen LogP contribution in [0, 0.1) is 0 Å². The first-order chi connectivity index (χ1) is 36.6. The van der Waals surface area contributed by atoms with Gasteiger partial charge in [-0.25, -0.2) is 4.79 Å². The van der Waals surface area contributed by atoms with E-state index >= 15 is 4.79 Å². The molecule has 1 atom stereocenters. The number of hydrogen-bond donors (Lipinski definition) is 2. The van der Waals surface area contributed by atoms with Gasteiger partial charge < -0.3 is 33.7 Å². The number of ether oxygens (including phenoxy) is 3.